The predicted molar refractivity (Wildman–Crippen MR) is 121 cm³/mol. The van der Waals surface area contributed by atoms with Crippen molar-refractivity contribution in [3.05, 3.63) is 40.1 Å². The molecule has 0 atom stereocenters. The second kappa shape index (κ2) is 9.61. The molecule has 1 fully saturated rings. The third-order valence-corrected chi connectivity index (χ3v) is 6.03. The van der Waals surface area contributed by atoms with Gasteiger partial charge in [-0.3, -0.25) is 4.79 Å². The molecule has 7 nitrogen and oxygen atoms in total. The van der Waals surface area contributed by atoms with Crippen molar-refractivity contribution in [2.24, 2.45) is 11.5 Å². The van der Waals surface area contributed by atoms with Gasteiger partial charge in [0.25, 0.3) is 5.91 Å². The van der Waals surface area contributed by atoms with Crippen molar-refractivity contribution in [2.75, 3.05) is 23.7 Å². The van der Waals surface area contributed by atoms with E-state index in [9.17, 15) is 4.79 Å². The number of halogens is 2. The Labute approximate surface area is 181 Å². The zero-order valence-corrected chi connectivity index (χ0v) is 18.4. The van der Waals surface area contributed by atoms with Gasteiger partial charge in [0.15, 0.2) is 0 Å². The molecule has 0 saturated carbocycles. The number of aromatic nitrogens is 2. The highest BCUT2D eigenvalue weighted by Gasteiger charge is 2.31. The Morgan fingerprint density at radius 1 is 1.31 bits per heavy atom. The number of rotatable bonds is 7. The number of anilines is 2. The maximum absolute atomic E-state index is 12.1. The molecule has 0 bridgehead atoms. The van der Waals surface area contributed by atoms with E-state index in [1.54, 1.807) is 6.92 Å². The molecule has 2 rings (SSSR count). The number of carbonyl (C=O) groups excluding carboxylic acids is 1. The van der Waals surface area contributed by atoms with E-state index >= 15 is 0 Å². The van der Waals surface area contributed by atoms with Gasteiger partial charge < -0.3 is 22.1 Å². The van der Waals surface area contributed by atoms with Crippen molar-refractivity contribution in [1.82, 2.24) is 9.97 Å². The summed E-state index contributed by atoms with van der Waals surface area (Å²) >= 11 is 12.5. The monoisotopic (exact) mass is 438 g/mol. The summed E-state index contributed by atoms with van der Waals surface area (Å²) < 4.78 is 0. The van der Waals surface area contributed by atoms with Crippen LogP contribution in [0, 0.1) is 0 Å². The van der Waals surface area contributed by atoms with Gasteiger partial charge in [0.1, 0.15) is 11.5 Å². The van der Waals surface area contributed by atoms with Crippen LogP contribution in [0.1, 0.15) is 55.6 Å². The first-order valence-electron chi connectivity index (χ1n) is 9.50. The predicted octanol–water partition coefficient (Wildman–Crippen LogP) is 3.53. The number of nitrogens with two attached hydrogens (primary N) is 3. The lowest BCUT2D eigenvalue weighted by Crippen LogP contribution is -2.50. The first-order chi connectivity index (χ1) is 13.6. The minimum Gasteiger partial charge on any atom is -0.383 e. The molecule has 158 valence electrons. The van der Waals surface area contributed by atoms with Gasteiger partial charge in [-0.15, -0.1) is 0 Å². The standard InChI is InChI=1S/C20H28Cl2N6O/c1-4-6-13(21)15(22)12(3)14-16(18(24)29)26-19(27-17(14)23)28-10-8-20(25,7-5-2)9-11-28/h4,6H,1,5,7-11,25H2,2-3H3,(H2,24,29)(H2,23,26,27)/b13-6+,15-12-. The average Bonchev–Trinajstić information content (AvgIpc) is 2.67. The van der Waals surface area contributed by atoms with Crippen molar-refractivity contribution >= 4 is 46.4 Å². The van der Waals surface area contributed by atoms with E-state index in [0.717, 1.165) is 25.7 Å². The minimum absolute atomic E-state index is 0.00404. The fourth-order valence-electron chi connectivity index (χ4n) is 3.52. The smallest absolute Gasteiger partial charge is 0.268 e. The Kier molecular flexibility index (Phi) is 7.68. The molecular weight excluding hydrogens is 411 g/mol. The largest absolute Gasteiger partial charge is 0.383 e. The van der Waals surface area contributed by atoms with E-state index in [2.05, 4.69) is 23.5 Å². The van der Waals surface area contributed by atoms with Crippen LogP contribution in [-0.2, 0) is 0 Å². The second-order valence-electron chi connectivity index (χ2n) is 7.29. The van der Waals surface area contributed by atoms with Crippen molar-refractivity contribution in [1.29, 1.82) is 0 Å². The number of piperidine rings is 1. The first kappa shape index (κ1) is 23.2. The molecular formula is C20H28Cl2N6O. The van der Waals surface area contributed by atoms with Crippen LogP contribution in [0.3, 0.4) is 0 Å². The van der Waals surface area contributed by atoms with Gasteiger partial charge in [0, 0.05) is 18.6 Å². The first-order valence-corrected chi connectivity index (χ1v) is 10.3. The van der Waals surface area contributed by atoms with Crippen molar-refractivity contribution in [3.8, 4) is 0 Å². The Morgan fingerprint density at radius 2 is 1.93 bits per heavy atom. The molecule has 0 aliphatic carbocycles. The Bertz CT molecular complexity index is 857. The molecule has 1 aromatic rings. The van der Waals surface area contributed by atoms with Crippen molar-refractivity contribution < 1.29 is 4.79 Å². The summed E-state index contributed by atoms with van der Waals surface area (Å²) in [6.07, 6.45) is 6.66. The molecule has 0 spiro atoms. The number of hydrogen-bond acceptors (Lipinski definition) is 6. The minimum atomic E-state index is -0.723. The zero-order valence-electron chi connectivity index (χ0n) is 16.8. The maximum Gasteiger partial charge on any atom is 0.268 e. The van der Waals surface area contributed by atoms with Crippen LogP contribution in [-0.4, -0.2) is 34.5 Å². The number of primary amides is 1. The molecule has 0 unspecified atom stereocenters. The molecule has 29 heavy (non-hydrogen) atoms. The van der Waals surface area contributed by atoms with Crippen LogP contribution in [0.4, 0.5) is 11.8 Å². The number of carbonyl (C=O) groups is 1. The van der Waals surface area contributed by atoms with Crippen LogP contribution in [0.25, 0.3) is 5.57 Å². The van der Waals surface area contributed by atoms with Crippen molar-refractivity contribution in [2.45, 2.75) is 45.1 Å². The van der Waals surface area contributed by atoms with Crippen molar-refractivity contribution in [3.63, 3.8) is 0 Å². The molecule has 0 aromatic carbocycles. The van der Waals surface area contributed by atoms with E-state index < -0.39 is 5.91 Å². The summed E-state index contributed by atoms with van der Waals surface area (Å²) in [7, 11) is 0. The average molecular weight is 439 g/mol. The summed E-state index contributed by atoms with van der Waals surface area (Å²) in [6, 6.07) is 0. The summed E-state index contributed by atoms with van der Waals surface area (Å²) in [5.41, 5.74) is 18.8. The lowest BCUT2D eigenvalue weighted by atomic mass is 9.85. The Morgan fingerprint density at radius 3 is 2.45 bits per heavy atom. The van der Waals surface area contributed by atoms with Gasteiger partial charge in [-0.05, 0) is 37.8 Å². The van der Waals surface area contributed by atoms with E-state index in [4.69, 9.17) is 40.4 Å². The van der Waals surface area contributed by atoms with Crippen LogP contribution >= 0.6 is 23.2 Å². The molecule has 1 saturated heterocycles. The summed E-state index contributed by atoms with van der Waals surface area (Å²) in [5.74, 6) is -0.255. The van der Waals surface area contributed by atoms with Gasteiger partial charge in [-0.2, -0.15) is 4.98 Å². The van der Waals surface area contributed by atoms with Gasteiger partial charge in [0.05, 0.1) is 15.6 Å². The highest BCUT2D eigenvalue weighted by atomic mass is 35.5. The molecule has 9 heteroatoms. The molecule has 2 heterocycles. The number of amides is 1. The topological polar surface area (TPSA) is 124 Å². The van der Waals surface area contributed by atoms with E-state index in [1.165, 1.54) is 12.2 Å². The number of nitrogens with zero attached hydrogens (tertiary/aromatic N) is 3. The SMILES string of the molecule is C=C/C=C(Cl)\C(Cl)=C(/C)c1c(N)nc(N2CCC(N)(CCC)CC2)nc1C(N)=O. The molecule has 0 radical (unpaired) electrons. The van der Waals surface area contributed by atoms with Crippen LogP contribution in [0.5, 0.6) is 0 Å². The second-order valence-corrected chi connectivity index (χ2v) is 8.07. The lowest BCUT2D eigenvalue weighted by Gasteiger charge is -2.39. The fourth-order valence-corrected chi connectivity index (χ4v) is 3.91. The Balaban J connectivity index is 2.44. The van der Waals surface area contributed by atoms with Gasteiger partial charge >= 0.3 is 0 Å². The number of hydrogen-bond donors (Lipinski definition) is 3. The van der Waals surface area contributed by atoms with Crippen LogP contribution < -0.4 is 22.1 Å². The third kappa shape index (κ3) is 5.29. The van der Waals surface area contributed by atoms with E-state index in [1.807, 2.05) is 4.90 Å². The Hall–Kier alpha value is -2.09. The fraction of sp³-hybridized carbons (Fsp3) is 0.450. The maximum atomic E-state index is 12.1. The summed E-state index contributed by atoms with van der Waals surface area (Å²) in [4.78, 5) is 22.9. The lowest BCUT2D eigenvalue weighted by molar-refractivity contribution is 0.0995. The molecule has 1 aromatic heterocycles. The van der Waals surface area contributed by atoms with Gasteiger partial charge in [-0.1, -0.05) is 49.2 Å². The normalized spacial score (nSPS) is 17.7. The highest BCUT2D eigenvalue weighted by molar-refractivity contribution is 6.46. The van der Waals surface area contributed by atoms with Gasteiger partial charge in [-0.25, -0.2) is 4.98 Å². The molecule has 1 amide bonds. The summed E-state index contributed by atoms with van der Waals surface area (Å²) in [5, 5.41) is 0.465. The number of nitrogen functional groups attached to an aromatic ring is 1. The van der Waals surface area contributed by atoms with E-state index in [0.29, 0.717) is 24.6 Å². The van der Waals surface area contributed by atoms with Crippen LogP contribution in [0.2, 0.25) is 0 Å². The summed E-state index contributed by atoms with van der Waals surface area (Å²) in [6.45, 7) is 8.74. The third-order valence-electron chi connectivity index (χ3n) is 5.13. The number of allylic oxidation sites excluding steroid dienone is 5. The molecule has 1 aliphatic rings. The van der Waals surface area contributed by atoms with Crippen LogP contribution in [0.15, 0.2) is 28.8 Å². The zero-order chi connectivity index (χ0) is 21.8. The quantitative estimate of drug-likeness (QED) is 0.559. The van der Waals surface area contributed by atoms with E-state index in [-0.39, 0.29) is 32.7 Å². The molecule has 1 aliphatic heterocycles. The highest BCUT2D eigenvalue weighted by Crippen LogP contribution is 2.34. The molecule has 6 N–H and O–H groups in total. The van der Waals surface area contributed by atoms with Gasteiger partial charge in [0.2, 0.25) is 5.95 Å².